The third-order valence-electron chi connectivity index (χ3n) is 7.97. The number of imide groups is 1. The molecule has 0 saturated carbocycles. The lowest BCUT2D eigenvalue weighted by molar-refractivity contribution is -0.122. The van der Waals surface area contributed by atoms with Crippen LogP contribution in [0.25, 0.3) is 0 Å². The Kier molecular flexibility index (Phi) is 8.40. The molecule has 0 bridgehead atoms. The van der Waals surface area contributed by atoms with Gasteiger partial charge in [-0.3, -0.25) is 23.7 Å². The Morgan fingerprint density at radius 3 is 2.23 bits per heavy atom. The number of amides is 3. The molecule has 0 aliphatic carbocycles. The maximum atomic E-state index is 14.1. The third-order valence-corrected chi connectivity index (χ3v) is 11.1. The summed E-state index contributed by atoms with van der Waals surface area (Å²) in [6.07, 6.45) is 0. The van der Waals surface area contributed by atoms with Crippen LogP contribution in [-0.2, 0) is 20.9 Å². The second kappa shape index (κ2) is 12.3. The van der Waals surface area contributed by atoms with Crippen LogP contribution in [0.2, 0.25) is 0 Å². The highest BCUT2D eigenvalue weighted by Crippen LogP contribution is 2.54. The van der Waals surface area contributed by atoms with E-state index in [0.717, 1.165) is 40.1 Å². The van der Waals surface area contributed by atoms with Gasteiger partial charge in [0, 0.05) is 39.7 Å². The van der Waals surface area contributed by atoms with Crippen LogP contribution in [0.15, 0.2) is 87.1 Å². The SMILES string of the molecule is CCN(CC)c1ccc([C@@H]2c3sc(=O)n(CC(=O)Nc4ccc(O)cc4)c3S[C@H]3C(=O)N(c4ccc(Br)cc4)C(=O)[C@@H]23)cc1. The number of nitrogens with zero attached hydrogens (tertiary/aromatic N) is 3. The number of aromatic hydroxyl groups is 1. The minimum absolute atomic E-state index is 0.0706. The van der Waals surface area contributed by atoms with Gasteiger partial charge in [0.15, 0.2) is 0 Å². The molecule has 2 aliphatic heterocycles. The van der Waals surface area contributed by atoms with E-state index in [9.17, 15) is 24.3 Å². The molecular formula is C32H29BrN4O5S2. The monoisotopic (exact) mass is 692 g/mol. The molecule has 9 nitrogen and oxygen atoms in total. The average molecular weight is 694 g/mol. The first-order valence-corrected chi connectivity index (χ1v) is 16.7. The summed E-state index contributed by atoms with van der Waals surface area (Å²) in [7, 11) is 0. The van der Waals surface area contributed by atoms with Crippen LogP contribution in [0.5, 0.6) is 5.75 Å². The molecule has 3 amide bonds. The summed E-state index contributed by atoms with van der Waals surface area (Å²) >= 11 is 5.61. The number of thioether (sulfide) groups is 1. The van der Waals surface area contributed by atoms with Crippen LogP contribution in [0.1, 0.15) is 30.2 Å². The van der Waals surface area contributed by atoms with Gasteiger partial charge in [-0.15, -0.1) is 0 Å². The van der Waals surface area contributed by atoms with E-state index in [2.05, 4.69) is 40.0 Å². The first-order chi connectivity index (χ1) is 21.2. The van der Waals surface area contributed by atoms with Crippen LogP contribution in [0, 0.1) is 5.92 Å². The largest absolute Gasteiger partial charge is 0.508 e. The third kappa shape index (κ3) is 5.46. The van der Waals surface area contributed by atoms with Gasteiger partial charge in [-0.1, -0.05) is 51.2 Å². The van der Waals surface area contributed by atoms with Gasteiger partial charge in [-0.2, -0.15) is 0 Å². The molecule has 1 fully saturated rings. The molecule has 1 saturated heterocycles. The molecule has 0 radical (unpaired) electrons. The summed E-state index contributed by atoms with van der Waals surface area (Å²) in [6.45, 7) is 5.60. The highest BCUT2D eigenvalue weighted by atomic mass is 79.9. The molecule has 1 aromatic heterocycles. The number of aromatic nitrogens is 1. The van der Waals surface area contributed by atoms with E-state index in [1.807, 2.05) is 24.3 Å². The Morgan fingerprint density at radius 1 is 0.932 bits per heavy atom. The number of halogens is 1. The van der Waals surface area contributed by atoms with E-state index in [1.165, 1.54) is 33.4 Å². The van der Waals surface area contributed by atoms with Crippen molar-refractivity contribution in [1.29, 1.82) is 0 Å². The second-order valence-corrected chi connectivity index (χ2v) is 13.6. The molecule has 4 aromatic rings. The molecule has 0 unspecified atom stereocenters. The van der Waals surface area contributed by atoms with Crippen molar-refractivity contribution in [2.45, 2.75) is 36.6 Å². The highest BCUT2D eigenvalue weighted by Gasteiger charge is 2.56. The number of nitrogens with one attached hydrogen (secondary N) is 1. The predicted octanol–water partition coefficient (Wildman–Crippen LogP) is 5.66. The number of thiazole rings is 1. The molecule has 3 heterocycles. The predicted molar refractivity (Wildman–Crippen MR) is 177 cm³/mol. The summed E-state index contributed by atoms with van der Waals surface area (Å²) in [6, 6.07) is 21.1. The van der Waals surface area contributed by atoms with Gasteiger partial charge >= 0.3 is 4.87 Å². The quantitative estimate of drug-likeness (QED) is 0.181. The lowest BCUT2D eigenvalue weighted by atomic mass is 9.83. The van der Waals surface area contributed by atoms with Crippen molar-refractivity contribution in [3.8, 4) is 5.75 Å². The maximum Gasteiger partial charge on any atom is 0.308 e. The average Bonchev–Trinajstić information content (AvgIpc) is 3.46. The lowest BCUT2D eigenvalue weighted by Gasteiger charge is -2.31. The van der Waals surface area contributed by atoms with Gasteiger partial charge in [0.2, 0.25) is 17.7 Å². The first kappa shape index (κ1) is 30.2. The van der Waals surface area contributed by atoms with Gasteiger partial charge in [0.1, 0.15) is 17.5 Å². The van der Waals surface area contributed by atoms with Crippen molar-refractivity contribution in [2.24, 2.45) is 5.92 Å². The van der Waals surface area contributed by atoms with Crippen molar-refractivity contribution in [2.75, 3.05) is 28.2 Å². The van der Waals surface area contributed by atoms with Crippen LogP contribution < -0.4 is 20.0 Å². The number of phenolic OH excluding ortho intramolecular Hbond substituents is 1. The van der Waals surface area contributed by atoms with Crippen LogP contribution >= 0.6 is 39.0 Å². The van der Waals surface area contributed by atoms with Gasteiger partial charge in [0.25, 0.3) is 0 Å². The van der Waals surface area contributed by atoms with Crippen molar-refractivity contribution in [1.82, 2.24) is 4.57 Å². The number of hydrogen-bond acceptors (Lipinski definition) is 8. The number of anilines is 3. The number of benzene rings is 3. The van der Waals surface area contributed by atoms with E-state index in [0.29, 0.717) is 21.3 Å². The summed E-state index contributed by atoms with van der Waals surface area (Å²) < 4.78 is 2.23. The highest BCUT2D eigenvalue weighted by molar-refractivity contribution is 9.10. The maximum absolute atomic E-state index is 14.1. The fourth-order valence-corrected chi connectivity index (χ4v) is 8.87. The van der Waals surface area contributed by atoms with Crippen molar-refractivity contribution in [3.05, 3.63) is 97.4 Å². The van der Waals surface area contributed by atoms with E-state index >= 15 is 0 Å². The van der Waals surface area contributed by atoms with Crippen LogP contribution in [-0.4, -0.2) is 45.7 Å². The molecule has 0 spiro atoms. The Morgan fingerprint density at radius 2 is 1.59 bits per heavy atom. The zero-order valence-electron chi connectivity index (χ0n) is 23.9. The molecule has 226 valence electrons. The Bertz CT molecular complexity index is 1780. The Labute approximate surface area is 270 Å². The van der Waals surface area contributed by atoms with Crippen molar-refractivity contribution < 1.29 is 19.5 Å². The van der Waals surface area contributed by atoms with E-state index in [4.69, 9.17) is 0 Å². The van der Waals surface area contributed by atoms with Crippen LogP contribution in [0.3, 0.4) is 0 Å². The van der Waals surface area contributed by atoms with Gasteiger partial charge in [-0.05, 0) is 80.1 Å². The van der Waals surface area contributed by atoms with E-state index in [1.54, 1.807) is 36.4 Å². The first-order valence-electron chi connectivity index (χ1n) is 14.2. The van der Waals surface area contributed by atoms with Gasteiger partial charge in [-0.25, -0.2) is 4.90 Å². The minimum Gasteiger partial charge on any atom is -0.508 e. The van der Waals surface area contributed by atoms with Crippen LogP contribution in [0.4, 0.5) is 17.1 Å². The number of fused-ring (bicyclic) bond motifs is 2. The normalized spacial score (nSPS) is 19.1. The number of phenols is 1. The van der Waals surface area contributed by atoms with Crippen molar-refractivity contribution in [3.63, 3.8) is 0 Å². The molecule has 12 heteroatoms. The zero-order chi connectivity index (χ0) is 31.1. The minimum atomic E-state index is -0.772. The molecule has 3 atom stereocenters. The summed E-state index contributed by atoms with van der Waals surface area (Å²) in [5, 5.41) is 12.1. The number of carbonyl (C=O) groups excluding carboxylic acids is 3. The summed E-state index contributed by atoms with van der Waals surface area (Å²) in [4.78, 5) is 58.3. The number of hydrogen-bond donors (Lipinski definition) is 2. The fourth-order valence-electron chi connectivity index (χ4n) is 5.83. The van der Waals surface area contributed by atoms with E-state index in [-0.39, 0.29) is 29.0 Å². The summed E-state index contributed by atoms with van der Waals surface area (Å²) in [5.41, 5.74) is 2.84. The second-order valence-electron chi connectivity index (χ2n) is 10.5. The van der Waals surface area contributed by atoms with Gasteiger partial charge < -0.3 is 15.3 Å². The fraction of sp³-hybridized carbons (Fsp3) is 0.250. The lowest BCUT2D eigenvalue weighted by Crippen LogP contribution is -2.33. The Hall–Kier alpha value is -3.87. The molecule has 3 aromatic carbocycles. The molecule has 44 heavy (non-hydrogen) atoms. The summed E-state index contributed by atoms with van der Waals surface area (Å²) in [5.74, 6) is -2.27. The van der Waals surface area contributed by atoms with E-state index < -0.39 is 23.0 Å². The zero-order valence-corrected chi connectivity index (χ0v) is 27.1. The number of rotatable bonds is 8. The smallest absolute Gasteiger partial charge is 0.308 e. The Balaban J connectivity index is 1.41. The standard InChI is InChI=1S/C32H29BrN4O5S2/c1-3-35(4-2)21-11-5-18(6-12-21)25-26-27(30(41)37(29(26)40)22-13-7-19(33)8-14-22)43-31-28(25)44-32(42)36(31)17-24(39)34-20-9-15-23(38)16-10-20/h5-16,25-27,38H,3-4,17H2,1-2H3,(H,34,39)/t25-,26-,27+/m0/s1. The molecule has 2 aliphatic rings. The molecule has 6 rings (SSSR count). The topological polar surface area (TPSA) is 112 Å². The molecular weight excluding hydrogens is 664 g/mol. The molecule has 2 N–H and O–H groups in total. The van der Waals surface area contributed by atoms with Gasteiger partial charge in [0.05, 0.1) is 16.6 Å². The number of carbonyl (C=O) groups is 3. The van der Waals surface area contributed by atoms with Crippen molar-refractivity contribution >= 4 is 73.8 Å².